The minimum Gasteiger partial charge on any atom is -0.489 e. The van der Waals surface area contributed by atoms with Crippen LogP contribution in [0, 0.1) is 5.82 Å². The number of carbonyl (C=O) groups excluding carboxylic acids is 1. The number of hydrogen-bond donors (Lipinski definition) is 0. The summed E-state index contributed by atoms with van der Waals surface area (Å²) in [4.78, 5) is 16.8. The van der Waals surface area contributed by atoms with Crippen LogP contribution in [0.1, 0.15) is 21.5 Å². The Morgan fingerprint density at radius 2 is 1.59 bits per heavy atom. The van der Waals surface area contributed by atoms with Crippen LogP contribution in [0.2, 0.25) is 10.0 Å². The molecule has 1 fully saturated rings. The summed E-state index contributed by atoms with van der Waals surface area (Å²) in [5.41, 5.74) is 2.12. The molecule has 0 aliphatic carbocycles. The van der Waals surface area contributed by atoms with E-state index in [9.17, 15) is 9.18 Å². The molecule has 4 rings (SSSR count). The van der Waals surface area contributed by atoms with Gasteiger partial charge < -0.3 is 9.64 Å². The van der Waals surface area contributed by atoms with Crippen molar-refractivity contribution in [1.82, 2.24) is 9.80 Å². The van der Waals surface area contributed by atoms with Crippen LogP contribution >= 0.6 is 23.2 Å². The van der Waals surface area contributed by atoms with Crippen LogP contribution in [0.4, 0.5) is 4.39 Å². The second-order valence-corrected chi connectivity index (χ2v) is 8.55. The SMILES string of the molecule is O=C(c1ccc(COc2ccc(Cl)cc2)cc1)N1CCN(Cc2c(F)cccc2Cl)CC1. The molecule has 1 heterocycles. The summed E-state index contributed by atoms with van der Waals surface area (Å²) in [6.45, 7) is 3.37. The van der Waals surface area contributed by atoms with Gasteiger partial charge >= 0.3 is 0 Å². The smallest absolute Gasteiger partial charge is 0.253 e. The maximum absolute atomic E-state index is 14.0. The number of nitrogens with zero attached hydrogens (tertiary/aromatic N) is 2. The van der Waals surface area contributed by atoms with E-state index in [1.54, 1.807) is 24.3 Å². The highest BCUT2D eigenvalue weighted by atomic mass is 35.5. The first-order valence-electron chi connectivity index (χ1n) is 10.4. The van der Waals surface area contributed by atoms with Crippen LogP contribution in [0.5, 0.6) is 5.75 Å². The average molecular weight is 473 g/mol. The maximum atomic E-state index is 14.0. The van der Waals surface area contributed by atoms with Gasteiger partial charge in [-0.25, -0.2) is 4.39 Å². The molecule has 0 saturated carbocycles. The van der Waals surface area contributed by atoms with Gasteiger partial charge in [0, 0.05) is 53.9 Å². The molecule has 166 valence electrons. The van der Waals surface area contributed by atoms with E-state index in [2.05, 4.69) is 4.90 Å². The molecule has 0 bridgehead atoms. The number of amides is 1. The van der Waals surface area contributed by atoms with Crippen molar-refractivity contribution in [3.8, 4) is 5.75 Å². The fraction of sp³-hybridized carbons (Fsp3) is 0.240. The molecule has 1 saturated heterocycles. The van der Waals surface area contributed by atoms with Crippen LogP contribution in [-0.4, -0.2) is 41.9 Å². The topological polar surface area (TPSA) is 32.8 Å². The summed E-state index contributed by atoms with van der Waals surface area (Å²) in [6.07, 6.45) is 0. The molecule has 4 nitrogen and oxygen atoms in total. The Balaban J connectivity index is 1.28. The molecule has 32 heavy (non-hydrogen) atoms. The Morgan fingerprint density at radius 3 is 2.25 bits per heavy atom. The van der Waals surface area contributed by atoms with E-state index in [0.717, 1.165) is 11.3 Å². The van der Waals surface area contributed by atoms with Crippen LogP contribution in [0.15, 0.2) is 66.7 Å². The Hall–Kier alpha value is -2.60. The molecule has 0 aromatic heterocycles. The molecular formula is C25H23Cl2FN2O2. The molecule has 7 heteroatoms. The summed E-state index contributed by atoms with van der Waals surface area (Å²) in [6, 6.07) is 19.4. The fourth-order valence-corrected chi connectivity index (χ4v) is 3.99. The van der Waals surface area contributed by atoms with Gasteiger partial charge in [0.15, 0.2) is 0 Å². The van der Waals surface area contributed by atoms with Gasteiger partial charge in [0.05, 0.1) is 0 Å². The normalized spacial score (nSPS) is 14.4. The molecule has 1 aliphatic rings. The molecule has 0 radical (unpaired) electrons. The van der Waals surface area contributed by atoms with Crippen molar-refractivity contribution >= 4 is 29.1 Å². The van der Waals surface area contributed by atoms with Crippen molar-refractivity contribution < 1.29 is 13.9 Å². The Bertz CT molecular complexity index is 1050. The molecule has 0 atom stereocenters. The number of ether oxygens (including phenoxy) is 1. The van der Waals surface area contributed by atoms with Gasteiger partial charge in [-0.1, -0.05) is 41.4 Å². The standard InChI is InChI=1S/C25H23Cl2FN2O2/c26-20-8-10-21(11-9-20)32-17-18-4-6-19(7-5-18)25(31)30-14-12-29(13-15-30)16-22-23(27)2-1-3-24(22)28/h1-11H,12-17H2. The van der Waals surface area contributed by atoms with Gasteiger partial charge in [-0.2, -0.15) is 0 Å². The predicted molar refractivity (Wildman–Crippen MR) is 125 cm³/mol. The van der Waals surface area contributed by atoms with Gasteiger partial charge in [0.2, 0.25) is 0 Å². The zero-order valence-electron chi connectivity index (χ0n) is 17.4. The van der Waals surface area contributed by atoms with E-state index in [1.165, 1.54) is 6.07 Å². The maximum Gasteiger partial charge on any atom is 0.253 e. The van der Waals surface area contributed by atoms with E-state index < -0.39 is 0 Å². The highest BCUT2D eigenvalue weighted by Gasteiger charge is 2.23. The van der Waals surface area contributed by atoms with Crippen LogP contribution < -0.4 is 4.74 Å². The van der Waals surface area contributed by atoms with Crippen molar-refractivity contribution in [2.24, 2.45) is 0 Å². The highest BCUT2D eigenvalue weighted by molar-refractivity contribution is 6.31. The van der Waals surface area contributed by atoms with Crippen LogP contribution in [-0.2, 0) is 13.2 Å². The van der Waals surface area contributed by atoms with E-state index in [0.29, 0.717) is 60.5 Å². The van der Waals surface area contributed by atoms with Crippen molar-refractivity contribution in [1.29, 1.82) is 0 Å². The van der Waals surface area contributed by atoms with Crippen LogP contribution in [0.3, 0.4) is 0 Å². The second-order valence-electron chi connectivity index (χ2n) is 7.71. The predicted octanol–water partition coefficient (Wildman–Crippen LogP) is 5.67. The molecule has 1 aliphatic heterocycles. The molecule has 0 spiro atoms. The van der Waals surface area contributed by atoms with Crippen LogP contribution in [0.25, 0.3) is 0 Å². The monoisotopic (exact) mass is 472 g/mol. The first-order chi connectivity index (χ1) is 15.5. The third-order valence-corrected chi connectivity index (χ3v) is 6.13. The first kappa shape index (κ1) is 22.6. The summed E-state index contributed by atoms with van der Waals surface area (Å²) in [5, 5.41) is 1.10. The van der Waals surface area contributed by atoms with E-state index >= 15 is 0 Å². The third-order valence-electron chi connectivity index (χ3n) is 5.52. The lowest BCUT2D eigenvalue weighted by molar-refractivity contribution is 0.0627. The zero-order valence-corrected chi connectivity index (χ0v) is 19.0. The minimum atomic E-state index is -0.295. The quantitative estimate of drug-likeness (QED) is 0.463. The van der Waals surface area contributed by atoms with Crippen molar-refractivity contribution in [3.05, 3.63) is 99.3 Å². The molecular weight excluding hydrogens is 450 g/mol. The van der Waals surface area contributed by atoms with Crippen molar-refractivity contribution in [2.45, 2.75) is 13.2 Å². The molecule has 1 amide bonds. The lowest BCUT2D eigenvalue weighted by Gasteiger charge is -2.35. The second kappa shape index (κ2) is 10.3. The number of hydrogen-bond acceptors (Lipinski definition) is 3. The summed E-state index contributed by atoms with van der Waals surface area (Å²) in [7, 11) is 0. The van der Waals surface area contributed by atoms with Gasteiger partial charge in [-0.3, -0.25) is 9.69 Å². The Kier molecular flexibility index (Phi) is 7.30. The number of piperazine rings is 1. The van der Waals surface area contributed by atoms with E-state index in [1.807, 2.05) is 41.3 Å². The van der Waals surface area contributed by atoms with Crippen molar-refractivity contribution in [2.75, 3.05) is 26.2 Å². The summed E-state index contributed by atoms with van der Waals surface area (Å²) < 4.78 is 19.8. The third kappa shape index (κ3) is 5.60. The van der Waals surface area contributed by atoms with E-state index in [-0.39, 0.29) is 11.7 Å². The zero-order chi connectivity index (χ0) is 22.5. The number of carbonyl (C=O) groups is 1. The lowest BCUT2D eigenvalue weighted by Crippen LogP contribution is -2.48. The average Bonchev–Trinajstić information content (AvgIpc) is 2.81. The fourth-order valence-electron chi connectivity index (χ4n) is 3.64. The van der Waals surface area contributed by atoms with Gasteiger partial charge in [-0.05, 0) is 54.1 Å². The highest BCUT2D eigenvalue weighted by Crippen LogP contribution is 2.22. The number of halogens is 3. The summed E-state index contributed by atoms with van der Waals surface area (Å²) >= 11 is 12.0. The minimum absolute atomic E-state index is 0.00116. The summed E-state index contributed by atoms with van der Waals surface area (Å²) in [5.74, 6) is 0.443. The van der Waals surface area contributed by atoms with Gasteiger partial charge in [0.1, 0.15) is 18.2 Å². The molecule has 0 unspecified atom stereocenters. The van der Waals surface area contributed by atoms with Gasteiger partial charge in [-0.15, -0.1) is 0 Å². The molecule has 0 N–H and O–H groups in total. The van der Waals surface area contributed by atoms with Gasteiger partial charge in [0.25, 0.3) is 5.91 Å². The Morgan fingerprint density at radius 1 is 0.906 bits per heavy atom. The lowest BCUT2D eigenvalue weighted by atomic mass is 10.1. The number of rotatable bonds is 6. The Labute approximate surface area is 197 Å². The molecule has 3 aromatic rings. The van der Waals surface area contributed by atoms with E-state index in [4.69, 9.17) is 27.9 Å². The number of benzene rings is 3. The largest absolute Gasteiger partial charge is 0.489 e. The first-order valence-corrected chi connectivity index (χ1v) is 11.2. The van der Waals surface area contributed by atoms with Crippen molar-refractivity contribution in [3.63, 3.8) is 0 Å². The molecule has 3 aromatic carbocycles.